The number of hydrogen-bond acceptors (Lipinski definition) is 11. The standard InChI is InChI=1S/C30H40F3NO11/c31-30(32,33)24-4-3-5-25(22-24)34-27-7-2-1-6-26(27)29(37)45-21-20-43-17-16-41-13-12-39-9-8-38-10-11-40-14-15-42-18-19-44-23-28(35)36/h1-7,22,34H,8-21,23H2,(H,35,36). The van der Waals surface area contributed by atoms with Gasteiger partial charge in [0.1, 0.15) is 13.2 Å². The van der Waals surface area contributed by atoms with Gasteiger partial charge in [0, 0.05) is 5.69 Å². The summed E-state index contributed by atoms with van der Waals surface area (Å²) in [6.45, 7) is 4.10. The van der Waals surface area contributed by atoms with Gasteiger partial charge in [-0.3, -0.25) is 0 Å². The highest BCUT2D eigenvalue weighted by Gasteiger charge is 2.30. The molecule has 2 rings (SSSR count). The van der Waals surface area contributed by atoms with Crippen molar-refractivity contribution in [2.75, 3.05) is 104 Å². The second-order valence-corrected chi connectivity index (χ2v) is 9.01. The van der Waals surface area contributed by atoms with E-state index in [1.54, 1.807) is 18.2 Å². The largest absolute Gasteiger partial charge is 0.480 e. The van der Waals surface area contributed by atoms with E-state index in [1.807, 2.05) is 0 Å². The lowest BCUT2D eigenvalue weighted by Gasteiger charge is -2.13. The fourth-order valence-electron chi connectivity index (χ4n) is 3.45. The van der Waals surface area contributed by atoms with E-state index in [0.29, 0.717) is 71.8 Å². The monoisotopic (exact) mass is 647 g/mol. The first-order valence-corrected chi connectivity index (χ1v) is 14.2. The lowest BCUT2D eigenvalue weighted by molar-refractivity contribution is -0.142. The minimum atomic E-state index is -4.48. The number of anilines is 2. The first-order valence-electron chi connectivity index (χ1n) is 14.2. The molecule has 0 fully saturated rings. The van der Waals surface area contributed by atoms with Crippen molar-refractivity contribution in [2.45, 2.75) is 6.18 Å². The zero-order valence-electron chi connectivity index (χ0n) is 24.9. The van der Waals surface area contributed by atoms with E-state index in [1.165, 1.54) is 18.2 Å². The zero-order valence-corrected chi connectivity index (χ0v) is 24.9. The maximum atomic E-state index is 13.0. The molecule has 0 bridgehead atoms. The first-order chi connectivity index (χ1) is 21.8. The number of hydrogen-bond donors (Lipinski definition) is 2. The van der Waals surface area contributed by atoms with Crippen LogP contribution in [0.3, 0.4) is 0 Å². The number of benzene rings is 2. The van der Waals surface area contributed by atoms with Crippen LogP contribution in [0.4, 0.5) is 24.5 Å². The molecule has 0 aliphatic carbocycles. The minimum Gasteiger partial charge on any atom is -0.480 e. The summed E-state index contributed by atoms with van der Waals surface area (Å²) < 4.78 is 81.3. The maximum absolute atomic E-state index is 13.0. The summed E-state index contributed by atoms with van der Waals surface area (Å²) >= 11 is 0. The van der Waals surface area contributed by atoms with E-state index in [4.69, 9.17) is 43.0 Å². The number of ether oxygens (including phenoxy) is 8. The first kappa shape index (κ1) is 37.9. The number of carboxylic acid groups (broad SMARTS) is 1. The summed E-state index contributed by atoms with van der Waals surface area (Å²) in [5.41, 5.74) is -0.116. The minimum absolute atomic E-state index is 0.00966. The molecule has 0 saturated heterocycles. The molecule has 0 heterocycles. The number of carboxylic acids is 1. The molecule has 0 aliphatic heterocycles. The Morgan fingerprint density at radius 2 is 1.09 bits per heavy atom. The van der Waals surface area contributed by atoms with Crippen LogP contribution in [0, 0.1) is 0 Å². The number of rotatable bonds is 26. The van der Waals surface area contributed by atoms with Crippen molar-refractivity contribution in [1.82, 2.24) is 0 Å². The molecule has 2 N–H and O–H groups in total. The highest BCUT2D eigenvalue weighted by atomic mass is 19.4. The average Bonchev–Trinajstić information content (AvgIpc) is 3.01. The second-order valence-electron chi connectivity index (χ2n) is 9.01. The smallest absolute Gasteiger partial charge is 0.416 e. The van der Waals surface area contributed by atoms with Gasteiger partial charge in [-0.2, -0.15) is 13.2 Å². The molecule has 15 heteroatoms. The Morgan fingerprint density at radius 1 is 0.622 bits per heavy atom. The molecule has 0 unspecified atom stereocenters. The Kier molecular flexibility index (Phi) is 19.4. The van der Waals surface area contributed by atoms with Gasteiger partial charge in [0.15, 0.2) is 0 Å². The molecule has 0 amide bonds. The lowest BCUT2D eigenvalue weighted by Crippen LogP contribution is -2.16. The van der Waals surface area contributed by atoms with Crippen molar-refractivity contribution in [1.29, 1.82) is 0 Å². The van der Waals surface area contributed by atoms with Gasteiger partial charge in [0.2, 0.25) is 0 Å². The van der Waals surface area contributed by atoms with Crippen molar-refractivity contribution in [3.05, 3.63) is 59.7 Å². The van der Waals surface area contributed by atoms with Gasteiger partial charge in [-0.05, 0) is 30.3 Å². The third kappa shape index (κ3) is 18.3. The SMILES string of the molecule is O=C(O)COCCOCCOCCOCCOCCOCCOCCOC(=O)c1ccccc1Nc1cccc(C(F)(F)F)c1. The number of carbonyl (C=O) groups is 2. The summed E-state index contributed by atoms with van der Waals surface area (Å²) in [6.07, 6.45) is -4.48. The second kappa shape index (κ2) is 23.1. The molecule has 0 spiro atoms. The van der Waals surface area contributed by atoms with Crippen LogP contribution < -0.4 is 5.32 Å². The third-order valence-electron chi connectivity index (χ3n) is 5.53. The predicted octanol–water partition coefficient (Wildman–Crippen LogP) is 3.81. The van der Waals surface area contributed by atoms with Gasteiger partial charge < -0.3 is 48.3 Å². The summed E-state index contributed by atoms with van der Waals surface area (Å²) in [5.74, 6) is -1.65. The average molecular weight is 648 g/mol. The quantitative estimate of drug-likeness (QED) is 0.113. The number of esters is 1. The molecule has 12 nitrogen and oxygen atoms in total. The van der Waals surface area contributed by atoms with E-state index < -0.39 is 23.7 Å². The van der Waals surface area contributed by atoms with Crippen LogP contribution >= 0.6 is 0 Å². The van der Waals surface area contributed by atoms with Gasteiger partial charge in [0.25, 0.3) is 0 Å². The number of halogens is 3. The highest BCUT2D eigenvalue weighted by Crippen LogP contribution is 2.32. The van der Waals surface area contributed by atoms with Crippen LogP contribution in [0.5, 0.6) is 0 Å². The number of para-hydroxylation sites is 1. The lowest BCUT2D eigenvalue weighted by atomic mass is 10.1. The van der Waals surface area contributed by atoms with Crippen LogP contribution in [0.2, 0.25) is 0 Å². The molecular formula is C30H40F3NO11. The highest BCUT2D eigenvalue weighted by molar-refractivity contribution is 5.96. The number of nitrogens with one attached hydrogen (secondary N) is 1. The van der Waals surface area contributed by atoms with Crippen LogP contribution in [0.1, 0.15) is 15.9 Å². The fraction of sp³-hybridized carbons (Fsp3) is 0.533. The molecular weight excluding hydrogens is 607 g/mol. The van der Waals surface area contributed by atoms with Gasteiger partial charge in [-0.15, -0.1) is 0 Å². The molecule has 0 saturated carbocycles. The number of carbonyl (C=O) groups excluding carboxylic acids is 1. The topological polar surface area (TPSA) is 140 Å². The Morgan fingerprint density at radius 3 is 1.58 bits per heavy atom. The molecule has 0 radical (unpaired) electrons. The van der Waals surface area contributed by atoms with Gasteiger partial charge in [0.05, 0.1) is 103 Å². The van der Waals surface area contributed by atoms with E-state index in [2.05, 4.69) is 5.32 Å². The van der Waals surface area contributed by atoms with Gasteiger partial charge >= 0.3 is 18.1 Å². The van der Waals surface area contributed by atoms with E-state index in [-0.39, 0.29) is 44.3 Å². The zero-order chi connectivity index (χ0) is 32.6. The Bertz CT molecular complexity index is 1100. The van der Waals surface area contributed by atoms with Crippen molar-refractivity contribution in [3.8, 4) is 0 Å². The van der Waals surface area contributed by atoms with E-state index in [0.717, 1.165) is 12.1 Å². The molecule has 252 valence electrons. The van der Waals surface area contributed by atoms with E-state index in [9.17, 15) is 22.8 Å². The van der Waals surface area contributed by atoms with Crippen LogP contribution in [0.25, 0.3) is 0 Å². The fourth-order valence-corrected chi connectivity index (χ4v) is 3.45. The Labute approximate surface area is 259 Å². The van der Waals surface area contributed by atoms with Gasteiger partial charge in [-0.1, -0.05) is 18.2 Å². The van der Waals surface area contributed by atoms with Crippen LogP contribution in [-0.2, 0) is 48.9 Å². The van der Waals surface area contributed by atoms with Crippen molar-refractivity contribution < 1.29 is 65.8 Å². The summed E-state index contributed by atoms with van der Waals surface area (Å²) in [4.78, 5) is 22.8. The normalized spacial score (nSPS) is 11.4. The Balaban J connectivity index is 1.40. The van der Waals surface area contributed by atoms with Crippen molar-refractivity contribution >= 4 is 23.3 Å². The summed E-state index contributed by atoms with van der Waals surface area (Å²) in [6, 6.07) is 11.1. The van der Waals surface area contributed by atoms with Crippen LogP contribution in [0.15, 0.2) is 48.5 Å². The summed E-state index contributed by atoms with van der Waals surface area (Å²) in [7, 11) is 0. The predicted molar refractivity (Wildman–Crippen MR) is 155 cm³/mol. The molecule has 45 heavy (non-hydrogen) atoms. The number of alkyl halides is 3. The van der Waals surface area contributed by atoms with Crippen LogP contribution in [-0.4, -0.2) is 116 Å². The van der Waals surface area contributed by atoms with Crippen molar-refractivity contribution in [2.24, 2.45) is 0 Å². The number of aliphatic carboxylic acids is 1. The van der Waals surface area contributed by atoms with Gasteiger partial charge in [-0.25, -0.2) is 9.59 Å². The Hall–Kier alpha value is -3.31. The molecule has 0 aliphatic rings. The maximum Gasteiger partial charge on any atom is 0.416 e. The molecule has 0 aromatic heterocycles. The molecule has 2 aromatic carbocycles. The molecule has 0 atom stereocenters. The third-order valence-corrected chi connectivity index (χ3v) is 5.53. The van der Waals surface area contributed by atoms with Crippen molar-refractivity contribution in [3.63, 3.8) is 0 Å². The summed E-state index contributed by atoms with van der Waals surface area (Å²) in [5, 5.41) is 11.3. The molecule has 2 aromatic rings. The van der Waals surface area contributed by atoms with E-state index >= 15 is 0 Å².